The number of allylic oxidation sites excluding steroid dienone is 1. The Morgan fingerprint density at radius 2 is 1.62 bits per heavy atom. The van der Waals surface area contributed by atoms with Crippen molar-refractivity contribution in [2.24, 2.45) is 4.99 Å². The molecule has 52 heavy (non-hydrogen) atoms. The molecule has 4 heterocycles. The molecule has 13 nitrogen and oxygen atoms in total. The molecule has 278 valence electrons. The van der Waals surface area contributed by atoms with Gasteiger partial charge in [0.1, 0.15) is 6.61 Å². The molecule has 2 saturated heterocycles. The van der Waals surface area contributed by atoms with E-state index in [1.165, 1.54) is 23.6 Å². The van der Waals surface area contributed by atoms with Gasteiger partial charge in [-0.05, 0) is 51.2 Å². The minimum atomic E-state index is -1.37. The number of methoxy groups -OCH3 is 2. The summed E-state index contributed by atoms with van der Waals surface area (Å²) in [6, 6.07) is 5.79. The van der Waals surface area contributed by atoms with Crippen LogP contribution in [0.3, 0.4) is 0 Å². The largest absolute Gasteiger partial charge is 0.493 e. The number of ether oxygens (including phenoxy) is 5. The van der Waals surface area contributed by atoms with Crippen LogP contribution in [0.25, 0.3) is 0 Å². The smallest absolute Gasteiger partial charge is 0.416 e. The number of aliphatic hydroxyl groups excluding tert-OH is 1. The van der Waals surface area contributed by atoms with Gasteiger partial charge in [-0.3, -0.25) is 14.6 Å². The number of unbranched alkanes of at least 4 members (excludes halogenated alkanes) is 2. The van der Waals surface area contributed by atoms with E-state index in [2.05, 4.69) is 30.3 Å². The van der Waals surface area contributed by atoms with Crippen LogP contribution < -0.4 is 23.8 Å². The number of carbonyl (C=O) groups is 3. The highest BCUT2D eigenvalue weighted by atomic mass is 32.1. The number of hydrogen-bond donors (Lipinski definition) is 2. The molecule has 0 bridgehead atoms. The molecule has 0 aliphatic carbocycles. The molecule has 0 saturated carbocycles. The van der Waals surface area contributed by atoms with E-state index in [0.29, 0.717) is 73.3 Å². The molecular weight excluding hydrogens is 689 g/mol. The third-order valence-corrected chi connectivity index (χ3v) is 9.84. The molecule has 0 aromatic heterocycles. The van der Waals surface area contributed by atoms with E-state index < -0.39 is 18.4 Å². The van der Waals surface area contributed by atoms with Gasteiger partial charge in [-0.2, -0.15) is 12.6 Å². The molecule has 14 heteroatoms. The van der Waals surface area contributed by atoms with Gasteiger partial charge in [0, 0.05) is 36.7 Å². The molecule has 0 radical (unpaired) electrons. The average Bonchev–Trinajstić information content (AvgIpc) is 3.70. The predicted molar refractivity (Wildman–Crippen MR) is 199 cm³/mol. The highest BCUT2D eigenvalue weighted by Gasteiger charge is 2.46. The quantitative estimate of drug-likeness (QED) is 0.163. The van der Waals surface area contributed by atoms with E-state index in [4.69, 9.17) is 23.7 Å². The van der Waals surface area contributed by atoms with Gasteiger partial charge >= 0.3 is 6.09 Å². The number of carbonyl (C=O) groups excluding carboxylic acids is 3. The van der Waals surface area contributed by atoms with Crippen molar-refractivity contribution in [2.75, 3.05) is 52.0 Å². The first-order chi connectivity index (χ1) is 25.0. The van der Waals surface area contributed by atoms with Crippen molar-refractivity contribution in [1.29, 1.82) is 0 Å². The zero-order chi connectivity index (χ0) is 37.1. The van der Waals surface area contributed by atoms with E-state index in [1.807, 2.05) is 18.0 Å². The lowest BCUT2D eigenvalue weighted by atomic mass is 10.1. The molecule has 4 aliphatic heterocycles. The second-order valence-corrected chi connectivity index (χ2v) is 14.3. The van der Waals surface area contributed by atoms with Crippen LogP contribution in [0.1, 0.15) is 66.7 Å². The minimum absolute atomic E-state index is 0.0165. The summed E-state index contributed by atoms with van der Waals surface area (Å²) in [6.45, 7) is 9.37. The van der Waals surface area contributed by atoms with Crippen LogP contribution in [0.4, 0.5) is 16.2 Å². The first-order valence-electron chi connectivity index (χ1n) is 17.5. The topological polar surface area (TPSA) is 140 Å². The second kappa shape index (κ2) is 15.9. The van der Waals surface area contributed by atoms with Crippen molar-refractivity contribution in [3.63, 3.8) is 0 Å². The van der Waals surface area contributed by atoms with Crippen LogP contribution in [-0.2, 0) is 4.74 Å². The van der Waals surface area contributed by atoms with Gasteiger partial charge in [-0.1, -0.05) is 30.7 Å². The fourth-order valence-corrected chi connectivity index (χ4v) is 7.03. The molecular formula is C38H46N4O9S. The van der Waals surface area contributed by atoms with Crippen molar-refractivity contribution in [3.05, 3.63) is 59.2 Å². The standard InChI is InChI=1S/C38H46N4O9S/c1-6-24-13-25-18-39-28-16-33(31(47-4)14-26(28)35(43)40(25)20-24)49-10-8-7-9-11-50-34-17-29-27(15-32(34)48-5)36(44)41-19-22(2)12-30(41)37(45)42(29)38(46)51-21-23(3)52/h6,14-18,23,25,30,37,45,52H,2,7-13,19-21H2,1,3-5H3/b24-6+/t23-,25+,30+,37+/m1/s1. The zero-order valence-electron chi connectivity index (χ0n) is 30.0. The van der Waals surface area contributed by atoms with Gasteiger partial charge < -0.3 is 38.6 Å². The van der Waals surface area contributed by atoms with E-state index >= 15 is 0 Å². The summed E-state index contributed by atoms with van der Waals surface area (Å²) in [6.07, 6.45) is 4.99. The van der Waals surface area contributed by atoms with Gasteiger partial charge in [0.15, 0.2) is 29.2 Å². The summed E-state index contributed by atoms with van der Waals surface area (Å²) in [5.74, 6) is 1.19. The molecule has 6 rings (SSSR count). The highest BCUT2D eigenvalue weighted by molar-refractivity contribution is 7.80. The normalized spacial score (nSPS) is 22.0. The fourth-order valence-electron chi connectivity index (χ4n) is 6.96. The lowest BCUT2D eigenvalue weighted by Gasteiger charge is -2.31. The maximum atomic E-state index is 13.7. The van der Waals surface area contributed by atoms with E-state index in [0.717, 1.165) is 23.3 Å². The number of anilines is 1. The Bertz CT molecular complexity index is 1790. The Morgan fingerprint density at radius 1 is 0.962 bits per heavy atom. The third-order valence-electron chi connectivity index (χ3n) is 9.69. The predicted octanol–water partition coefficient (Wildman–Crippen LogP) is 5.57. The first kappa shape index (κ1) is 37.1. The highest BCUT2D eigenvalue weighted by Crippen LogP contribution is 2.42. The molecule has 2 aromatic carbocycles. The SMILES string of the molecule is C=C1C[C@H]2[C@H](O)N(C(=O)OC[C@@H](C)S)c3cc(OCCCCCOc4cc5c(cc4OC)C(=O)N4C/C(=C/C)C[C@H]4C=N5)c(OC)cc3C(=O)N2C1. The number of hydrogen-bond acceptors (Lipinski definition) is 11. The number of aliphatic imine (C=N–C) groups is 1. The molecule has 2 aromatic rings. The van der Waals surface area contributed by atoms with E-state index in [1.54, 1.807) is 32.2 Å². The van der Waals surface area contributed by atoms with Crippen molar-refractivity contribution in [2.45, 2.75) is 69.5 Å². The summed E-state index contributed by atoms with van der Waals surface area (Å²) < 4.78 is 28.8. The second-order valence-electron chi connectivity index (χ2n) is 13.4. The zero-order valence-corrected chi connectivity index (χ0v) is 30.9. The van der Waals surface area contributed by atoms with Crippen molar-refractivity contribution >= 4 is 48.1 Å². The Labute approximate surface area is 309 Å². The number of fused-ring (bicyclic) bond motifs is 4. The van der Waals surface area contributed by atoms with Crippen molar-refractivity contribution in [3.8, 4) is 23.0 Å². The van der Waals surface area contributed by atoms with Crippen LogP contribution in [-0.4, -0.2) is 110 Å². The third kappa shape index (κ3) is 7.45. The lowest BCUT2D eigenvalue weighted by Crippen LogP contribution is -2.51. The van der Waals surface area contributed by atoms with Crippen LogP contribution in [0.2, 0.25) is 0 Å². The number of amides is 3. The number of thiol groups is 1. The van der Waals surface area contributed by atoms with E-state index in [-0.39, 0.29) is 47.5 Å². The summed E-state index contributed by atoms with van der Waals surface area (Å²) in [4.78, 5) is 49.6. The lowest BCUT2D eigenvalue weighted by molar-refractivity contribution is 0.0491. The van der Waals surface area contributed by atoms with Gasteiger partial charge in [-0.25, -0.2) is 9.69 Å². The number of aliphatic hydroxyl groups is 1. The Hall–Kier alpha value is -4.69. The summed E-state index contributed by atoms with van der Waals surface area (Å²) in [5, 5.41) is 11.2. The molecule has 4 atom stereocenters. The van der Waals surface area contributed by atoms with Crippen LogP contribution in [0.15, 0.2) is 53.1 Å². The van der Waals surface area contributed by atoms with Crippen molar-refractivity contribution < 1.29 is 43.2 Å². The molecule has 2 fully saturated rings. The summed E-state index contributed by atoms with van der Waals surface area (Å²) in [7, 11) is 3.02. The number of benzene rings is 2. The maximum Gasteiger partial charge on any atom is 0.416 e. The Balaban J connectivity index is 1.09. The fraction of sp³-hybridized carbons (Fsp3) is 0.474. The summed E-state index contributed by atoms with van der Waals surface area (Å²) in [5.41, 5.74) is 3.39. The average molecular weight is 735 g/mol. The van der Waals surface area contributed by atoms with Crippen LogP contribution in [0, 0.1) is 0 Å². The first-order valence-corrected chi connectivity index (χ1v) is 18.0. The number of rotatable bonds is 12. The maximum absolute atomic E-state index is 13.7. The van der Waals surface area contributed by atoms with Crippen LogP contribution in [0.5, 0.6) is 23.0 Å². The Morgan fingerprint density at radius 3 is 2.27 bits per heavy atom. The van der Waals surface area contributed by atoms with Gasteiger partial charge in [0.2, 0.25) is 0 Å². The number of nitrogens with zero attached hydrogens (tertiary/aromatic N) is 4. The van der Waals surface area contributed by atoms with Gasteiger partial charge in [0.25, 0.3) is 11.8 Å². The summed E-state index contributed by atoms with van der Waals surface area (Å²) >= 11 is 4.30. The monoisotopic (exact) mass is 734 g/mol. The Kier molecular flexibility index (Phi) is 11.3. The molecule has 0 spiro atoms. The molecule has 3 amide bonds. The minimum Gasteiger partial charge on any atom is -0.493 e. The molecule has 4 aliphatic rings. The van der Waals surface area contributed by atoms with E-state index in [9.17, 15) is 19.5 Å². The van der Waals surface area contributed by atoms with Gasteiger partial charge in [0.05, 0.1) is 62.0 Å². The van der Waals surface area contributed by atoms with Crippen LogP contribution >= 0.6 is 12.6 Å². The molecule has 1 N–H and O–H groups in total. The molecule has 0 unspecified atom stereocenters. The van der Waals surface area contributed by atoms with Crippen molar-refractivity contribution in [1.82, 2.24) is 9.80 Å². The van der Waals surface area contributed by atoms with Gasteiger partial charge in [-0.15, -0.1) is 0 Å².